The second-order valence-electron chi connectivity index (χ2n) is 5.10. The number of rotatable bonds is 5. The van der Waals surface area contributed by atoms with Gasteiger partial charge in [-0.1, -0.05) is 17.7 Å². The van der Waals surface area contributed by atoms with Crippen molar-refractivity contribution in [1.29, 1.82) is 0 Å². The van der Waals surface area contributed by atoms with Crippen molar-refractivity contribution in [3.63, 3.8) is 0 Å². The first-order valence-corrected chi connectivity index (χ1v) is 7.56. The van der Waals surface area contributed by atoms with Crippen molar-refractivity contribution in [1.82, 2.24) is 10.2 Å². The zero-order chi connectivity index (χ0) is 17.1. The van der Waals surface area contributed by atoms with Crippen molar-refractivity contribution in [2.24, 2.45) is 5.73 Å². The number of aromatic nitrogens is 2. The van der Waals surface area contributed by atoms with Gasteiger partial charge in [0.1, 0.15) is 5.75 Å². The minimum atomic E-state index is -0.488. The molecule has 24 heavy (non-hydrogen) atoms. The van der Waals surface area contributed by atoms with Crippen LogP contribution in [0, 0.1) is 0 Å². The van der Waals surface area contributed by atoms with Crippen LogP contribution in [-0.4, -0.2) is 16.1 Å². The van der Waals surface area contributed by atoms with Gasteiger partial charge in [0.25, 0.3) is 5.89 Å². The molecule has 0 saturated heterocycles. The topological polar surface area (TPSA) is 91.2 Å². The van der Waals surface area contributed by atoms with Crippen molar-refractivity contribution < 1.29 is 13.9 Å². The number of ether oxygens (including phenoxy) is 1. The Morgan fingerprint density at radius 2 is 1.96 bits per heavy atom. The molecule has 1 amide bonds. The summed E-state index contributed by atoms with van der Waals surface area (Å²) in [4.78, 5) is 11.1. The number of halogens is 1. The molecule has 1 atom stereocenters. The average Bonchev–Trinajstić information content (AvgIpc) is 3.05. The molecule has 0 saturated carbocycles. The predicted molar refractivity (Wildman–Crippen MR) is 88.7 cm³/mol. The van der Waals surface area contributed by atoms with E-state index < -0.39 is 12.0 Å². The molecular weight excluding hydrogens is 330 g/mol. The maximum atomic E-state index is 11.1. The highest BCUT2D eigenvalue weighted by Gasteiger charge is 2.17. The summed E-state index contributed by atoms with van der Waals surface area (Å²) in [5, 5.41) is 8.61. The van der Waals surface area contributed by atoms with E-state index in [-0.39, 0.29) is 0 Å². The van der Waals surface area contributed by atoms with E-state index in [1.54, 1.807) is 43.3 Å². The van der Waals surface area contributed by atoms with E-state index >= 15 is 0 Å². The van der Waals surface area contributed by atoms with E-state index in [9.17, 15) is 4.79 Å². The van der Waals surface area contributed by atoms with Crippen molar-refractivity contribution in [3.8, 4) is 17.2 Å². The SMILES string of the molecule is C[C@@H](Oc1ccc(C(N)=O)cc1)c1nnc(-c2cccc(Cl)c2)o1. The number of hydrogen-bond donors (Lipinski definition) is 1. The molecule has 0 aliphatic carbocycles. The second kappa shape index (κ2) is 6.72. The van der Waals surface area contributed by atoms with Gasteiger partial charge in [-0.25, -0.2) is 0 Å². The monoisotopic (exact) mass is 343 g/mol. The fourth-order valence-electron chi connectivity index (χ4n) is 2.09. The van der Waals surface area contributed by atoms with Crippen molar-refractivity contribution in [3.05, 3.63) is 65.0 Å². The average molecular weight is 344 g/mol. The van der Waals surface area contributed by atoms with Gasteiger partial charge < -0.3 is 14.9 Å². The molecule has 3 rings (SSSR count). The molecule has 0 fully saturated rings. The standard InChI is InChI=1S/C17H14ClN3O3/c1-10(23-14-7-5-11(6-8-14)15(19)22)16-20-21-17(24-16)12-3-2-4-13(18)9-12/h2-10H,1H3,(H2,19,22)/t10-/m1/s1. The normalized spacial score (nSPS) is 11.9. The summed E-state index contributed by atoms with van der Waals surface area (Å²) < 4.78 is 11.4. The summed E-state index contributed by atoms with van der Waals surface area (Å²) in [5.74, 6) is 0.781. The molecule has 0 radical (unpaired) electrons. The number of amides is 1. The highest BCUT2D eigenvalue weighted by atomic mass is 35.5. The van der Waals surface area contributed by atoms with Crippen molar-refractivity contribution >= 4 is 17.5 Å². The van der Waals surface area contributed by atoms with Crippen LogP contribution in [0.25, 0.3) is 11.5 Å². The number of nitrogens with two attached hydrogens (primary N) is 1. The summed E-state index contributed by atoms with van der Waals surface area (Å²) in [6.07, 6.45) is -0.454. The summed E-state index contributed by atoms with van der Waals surface area (Å²) in [7, 11) is 0. The van der Waals surface area contributed by atoms with Gasteiger partial charge >= 0.3 is 0 Å². The lowest BCUT2D eigenvalue weighted by Gasteiger charge is -2.11. The highest BCUT2D eigenvalue weighted by molar-refractivity contribution is 6.30. The minimum absolute atomic E-state index is 0.337. The van der Waals surface area contributed by atoms with Crippen LogP contribution in [0.4, 0.5) is 0 Å². The van der Waals surface area contributed by atoms with Gasteiger partial charge in [-0.2, -0.15) is 0 Å². The summed E-state index contributed by atoms with van der Waals surface area (Å²) in [6.45, 7) is 1.79. The molecule has 0 spiro atoms. The summed E-state index contributed by atoms with van der Waals surface area (Å²) in [5.41, 5.74) is 6.35. The lowest BCUT2D eigenvalue weighted by atomic mass is 10.2. The first-order valence-electron chi connectivity index (χ1n) is 7.19. The Balaban J connectivity index is 1.74. The quantitative estimate of drug-likeness (QED) is 0.763. The van der Waals surface area contributed by atoms with Gasteiger partial charge in [-0.05, 0) is 49.4 Å². The number of benzene rings is 2. The third kappa shape index (κ3) is 3.55. The number of carbonyl (C=O) groups excluding carboxylic acids is 1. The molecule has 3 aromatic rings. The Bertz CT molecular complexity index is 862. The predicted octanol–water partition coefficient (Wildman–Crippen LogP) is 3.63. The summed E-state index contributed by atoms with van der Waals surface area (Å²) >= 11 is 5.96. The van der Waals surface area contributed by atoms with Gasteiger partial charge in [0.05, 0.1) is 0 Å². The molecule has 0 aliphatic rings. The molecule has 1 heterocycles. The second-order valence-corrected chi connectivity index (χ2v) is 5.54. The molecule has 6 nitrogen and oxygen atoms in total. The Kier molecular flexibility index (Phi) is 4.48. The van der Waals surface area contributed by atoms with Crippen LogP contribution in [0.1, 0.15) is 29.3 Å². The number of hydrogen-bond acceptors (Lipinski definition) is 5. The Morgan fingerprint density at radius 1 is 1.21 bits per heavy atom. The van der Waals surface area contributed by atoms with E-state index in [1.165, 1.54) is 0 Å². The third-order valence-electron chi connectivity index (χ3n) is 3.31. The molecule has 0 bridgehead atoms. The van der Waals surface area contributed by atoms with E-state index in [0.29, 0.717) is 28.1 Å². The molecule has 1 aromatic heterocycles. The fraction of sp³-hybridized carbons (Fsp3) is 0.118. The molecule has 7 heteroatoms. The van der Waals surface area contributed by atoms with Crippen LogP contribution in [0.15, 0.2) is 52.9 Å². The van der Waals surface area contributed by atoms with Crippen molar-refractivity contribution in [2.75, 3.05) is 0 Å². The van der Waals surface area contributed by atoms with Gasteiger partial charge in [0.15, 0.2) is 6.10 Å². The van der Waals surface area contributed by atoms with E-state index in [2.05, 4.69) is 10.2 Å². The maximum absolute atomic E-state index is 11.1. The van der Waals surface area contributed by atoms with Crippen LogP contribution < -0.4 is 10.5 Å². The fourth-order valence-corrected chi connectivity index (χ4v) is 2.28. The molecular formula is C17H14ClN3O3. The molecule has 122 valence electrons. The number of primary amides is 1. The van der Waals surface area contributed by atoms with Crippen molar-refractivity contribution in [2.45, 2.75) is 13.0 Å². The Labute approximate surface area is 143 Å². The smallest absolute Gasteiger partial charge is 0.257 e. The van der Waals surface area contributed by atoms with Crippen LogP contribution in [-0.2, 0) is 0 Å². The van der Waals surface area contributed by atoms with Gasteiger partial charge in [0.2, 0.25) is 11.8 Å². The minimum Gasteiger partial charge on any atom is -0.481 e. The van der Waals surface area contributed by atoms with E-state index in [4.69, 9.17) is 26.5 Å². The highest BCUT2D eigenvalue weighted by Crippen LogP contribution is 2.26. The molecule has 2 aromatic carbocycles. The third-order valence-corrected chi connectivity index (χ3v) is 3.55. The van der Waals surface area contributed by atoms with Gasteiger partial charge in [-0.3, -0.25) is 4.79 Å². The van der Waals surface area contributed by atoms with Crippen LogP contribution >= 0.6 is 11.6 Å². The number of carbonyl (C=O) groups is 1. The molecule has 0 unspecified atom stereocenters. The Hall–Kier alpha value is -2.86. The first kappa shape index (κ1) is 16.0. The first-order chi connectivity index (χ1) is 11.5. The molecule has 2 N–H and O–H groups in total. The van der Waals surface area contributed by atoms with Crippen LogP contribution in [0.3, 0.4) is 0 Å². The lowest BCUT2D eigenvalue weighted by Crippen LogP contribution is -2.10. The Morgan fingerprint density at radius 3 is 2.62 bits per heavy atom. The van der Waals surface area contributed by atoms with Gasteiger partial charge in [0, 0.05) is 16.1 Å². The summed E-state index contributed by atoms with van der Waals surface area (Å²) in [6, 6.07) is 13.6. The van der Waals surface area contributed by atoms with Crippen LogP contribution in [0.2, 0.25) is 5.02 Å². The zero-order valence-electron chi connectivity index (χ0n) is 12.8. The zero-order valence-corrected chi connectivity index (χ0v) is 13.5. The number of nitrogens with zero attached hydrogens (tertiary/aromatic N) is 2. The van der Waals surface area contributed by atoms with Crippen LogP contribution in [0.5, 0.6) is 5.75 Å². The van der Waals surface area contributed by atoms with E-state index in [1.807, 2.05) is 12.1 Å². The van der Waals surface area contributed by atoms with Gasteiger partial charge in [-0.15, -0.1) is 10.2 Å². The largest absolute Gasteiger partial charge is 0.481 e. The molecule has 0 aliphatic heterocycles. The van der Waals surface area contributed by atoms with E-state index in [0.717, 1.165) is 5.56 Å². The maximum Gasteiger partial charge on any atom is 0.257 e. The lowest BCUT2D eigenvalue weighted by molar-refractivity contribution is 0.1000.